The average molecular weight is 735 g/mol. The lowest BCUT2D eigenvalue weighted by molar-refractivity contribution is -0.146. The van der Waals surface area contributed by atoms with Crippen molar-refractivity contribution in [2.45, 2.75) is 157 Å². The molecule has 52 heavy (non-hydrogen) atoms. The quantitative estimate of drug-likeness (QED) is 0.0838. The number of amides is 4. The van der Waals surface area contributed by atoms with Gasteiger partial charge >= 0.3 is 0 Å². The van der Waals surface area contributed by atoms with E-state index in [0.717, 1.165) is 64.0 Å². The number of likely N-dealkylation sites (tertiary alicyclic amines) is 1. The van der Waals surface area contributed by atoms with Gasteiger partial charge in [-0.25, -0.2) is 0 Å². The molecule has 5 N–H and O–H groups in total. The number of nitrogens with zero attached hydrogens (tertiary/aromatic N) is 1. The van der Waals surface area contributed by atoms with Gasteiger partial charge in [0.05, 0.1) is 6.04 Å². The molecule has 0 spiro atoms. The second-order valence-corrected chi connectivity index (χ2v) is 15.4. The second-order valence-electron chi connectivity index (χ2n) is 15.4. The van der Waals surface area contributed by atoms with Gasteiger partial charge in [0.1, 0.15) is 17.8 Å². The standard InChI is InChI=1S/C32H52N4O5.C4H6N2O.C2H6.C2H4.3H2/c1-6-11-24(26(37)30(40)33-22-16-17-22)34-29(39)25-23-15-10-14-21(23)18-36(25)31(41)27(32(3,4)5)35-28(38)19(2)20-12-8-7-9-13-20;1-3(7)4(6)2-5;2*1-2;;;/h19-25,27H,6-18H2,1-5H3,(H,33,40)(H,34,39)(H,35,38);2,5-6H,1H3;1-2H3;1-2H2;3*1H/t19-,21+,23+,24-,25-,27+;;;;;;/m1....../s1. The van der Waals surface area contributed by atoms with Crippen LogP contribution >= 0.6 is 0 Å². The normalized spacial score (nSPS) is 22.5. The molecule has 4 fully saturated rings. The molecule has 12 heteroatoms. The Labute approximate surface area is 316 Å². The molecule has 4 aliphatic rings. The maximum atomic E-state index is 14.3. The Balaban J connectivity index is -0.00000172. The maximum Gasteiger partial charge on any atom is 0.289 e. The zero-order chi connectivity index (χ0) is 39.8. The Hall–Kier alpha value is -3.70. The first kappa shape index (κ1) is 46.3. The van der Waals surface area contributed by atoms with E-state index in [4.69, 9.17) is 10.8 Å². The molecule has 0 aromatic carbocycles. The Morgan fingerprint density at radius 1 is 0.923 bits per heavy atom. The summed E-state index contributed by atoms with van der Waals surface area (Å²) in [5.74, 6) is -1.96. The fraction of sp³-hybridized carbons (Fsp3) is 0.750. The molecular formula is C40H74N6O6. The molecule has 12 nitrogen and oxygen atoms in total. The van der Waals surface area contributed by atoms with Crippen LogP contribution in [0.2, 0.25) is 0 Å². The first-order chi connectivity index (χ1) is 24.6. The minimum Gasteiger partial charge on any atom is -0.347 e. The third kappa shape index (κ3) is 13.4. The molecule has 4 rings (SSSR count). The Kier molecular flexibility index (Phi) is 19.9. The average Bonchev–Trinajstić information content (AvgIpc) is 3.70. The number of hydrogen-bond acceptors (Lipinski definition) is 8. The molecule has 0 radical (unpaired) electrons. The van der Waals surface area contributed by atoms with Gasteiger partial charge in [0, 0.05) is 35.9 Å². The van der Waals surface area contributed by atoms with Crippen molar-refractivity contribution in [1.29, 1.82) is 10.8 Å². The summed E-state index contributed by atoms with van der Waals surface area (Å²) in [4.78, 5) is 78.7. The summed E-state index contributed by atoms with van der Waals surface area (Å²) in [7, 11) is 0. The lowest BCUT2D eigenvalue weighted by Crippen LogP contribution is -2.60. The van der Waals surface area contributed by atoms with Gasteiger partial charge in [-0.2, -0.15) is 0 Å². The first-order valence-electron chi connectivity index (χ1n) is 19.5. The van der Waals surface area contributed by atoms with Crippen molar-refractivity contribution in [3.8, 4) is 0 Å². The lowest BCUT2D eigenvalue weighted by Gasteiger charge is -2.37. The number of nitrogens with one attached hydrogen (secondary N) is 5. The molecule has 4 amide bonds. The topological polar surface area (TPSA) is 189 Å². The minimum atomic E-state index is -0.918. The van der Waals surface area contributed by atoms with E-state index in [1.54, 1.807) is 4.90 Å². The van der Waals surface area contributed by atoms with Crippen molar-refractivity contribution in [3.63, 3.8) is 0 Å². The number of carbonyl (C=O) groups is 6. The van der Waals surface area contributed by atoms with Crippen LogP contribution in [0.15, 0.2) is 13.2 Å². The summed E-state index contributed by atoms with van der Waals surface area (Å²) < 4.78 is 0. The van der Waals surface area contributed by atoms with E-state index in [2.05, 4.69) is 29.1 Å². The van der Waals surface area contributed by atoms with Crippen LogP contribution in [0.4, 0.5) is 0 Å². The molecule has 3 saturated carbocycles. The maximum absolute atomic E-state index is 14.3. The van der Waals surface area contributed by atoms with E-state index in [-0.39, 0.29) is 57.3 Å². The third-order valence-electron chi connectivity index (χ3n) is 10.5. The zero-order valence-electron chi connectivity index (χ0n) is 33.2. The molecule has 300 valence electrons. The summed E-state index contributed by atoms with van der Waals surface area (Å²) >= 11 is 0. The van der Waals surface area contributed by atoms with Crippen molar-refractivity contribution in [2.24, 2.45) is 29.1 Å². The molecule has 1 heterocycles. The van der Waals surface area contributed by atoms with Crippen LogP contribution in [0.1, 0.15) is 137 Å². The second kappa shape index (κ2) is 22.4. The number of ketones is 2. The zero-order valence-corrected chi connectivity index (χ0v) is 33.2. The van der Waals surface area contributed by atoms with E-state index < -0.39 is 35.2 Å². The fourth-order valence-electron chi connectivity index (χ4n) is 7.36. The van der Waals surface area contributed by atoms with Crippen molar-refractivity contribution in [2.75, 3.05) is 6.54 Å². The van der Waals surface area contributed by atoms with Crippen LogP contribution in [0.25, 0.3) is 0 Å². The van der Waals surface area contributed by atoms with Gasteiger partial charge in [0.15, 0.2) is 5.78 Å². The van der Waals surface area contributed by atoms with Crippen molar-refractivity contribution in [1.82, 2.24) is 20.9 Å². The van der Waals surface area contributed by atoms with Gasteiger partial charge in [-0.05, 0) is 68.1 Å². The third-order valence-corrected chi connectivity index (χ3v) is 10.5. The molecule has 0 bridgehead atoms. The van der Waals surface area contributed by atoms with Gasteiger partial charge in [-0.1, -0.05) is 80.6 Å². The van der Waals surface area contributed by atoms with E-state index in [1.807, 2.05) is 48.5 Å². The molecule has 0 unspecified atom stereocenters. The summed E-state index contributed by atoms with van der Waals surface area (Å²) in [6.45, 7) is 21.4. The molecule has 1 saturated heterocycles. The highest BCUT2D eigenvalue weighted by atomic mass is 16.2. The Bertz CT molecular complexity index is 1270. The summed E-state index contributed by atoms with van der Waals surface area (Å²) in [5.41, 5.74) is -0.806. The summed E-state index contributed by atoms with van der Waals surface area (Å²) in [6, 6.07) is -2.35. The minimum absolute atomic E-state index is 0. The number of rotatable bonds is 13. The van der Waals surface area contributed by atoms with E-state index in [9.17, 15) is 28.8 Å². The number of Topliss-reactive ketones (excluding diaryl/α,β-unsaturated/α-hetero) is 2. The Morgan fingerprint density at radius 3 is 2.00 bits per heavy atom. The summed E-state index contributed by atoms with van der Waals surface area (Å²) in [6.07, 6.45) is 11.8. The number of hydrogen-bond donors (Lipinski definition) is 5. The van der Waals surface area contributed by atoms with Crippen molar-refractivity contribution < 1.29 is 33.0 Å². The van der Waals surface area contributed by atoms with Gasteiger partial charge in [0.25, 0.3) is 5.91 Å². The molecule has 0 aromatic heterocycles. The van der Waals surface area contributed by atoms with Crippen molar-refractivity contribution >= 4 is 47.1 Å². The van der Waals surface area contributed by atoms with Crippen LogP contribution in [-0.4, -0.2) is 82.7 Å². The van der Waals surface area contributed by atoms with Gasteiger partial charge in [-0.3, -0.25) is 34.2 Å². The highest BCUT2D eigenvalue weighted by molar-refractivity contribution is 6.59. The smallest absolute Gasteiger partial charge is 0.289 e. The largest absolute Gasteiger partial charge is 0.347 e. The fourth-order valence-corrected chi connectivity index (χ4v) is 7.36. The van der Waals surface area contributed by atoms with E-state index in [1.165, 1.54) is 13.3 Å². The summed E-state index contributed by atoms with van der Waals surface area (Å²) in [5, 5.41) is 21.7. The van der Waals surface area contributed by atoms with Crippen LogP contribution in [0, 0.1) is 39.9 Å². The van der Waals surface area contributed by atoms with Crippen molar-refractivity contribution in [3.05, 3.63) is 13.2 Å². The van der Waals surface area contributed by atoms with Gasteiger partial charge in [-0.15, -0.1) is 13.2 Å². The molecule has 1 aliphatic heterocycles. The first-order valence-corrected chi connectivity index (χ1v) is 19.5. The van der Waals surface area contributed by atoms with Crippen LogP contribution < -0.4 is 16.0 Å². The predicted octanol–water partition coefficient (Wildman–Crippen LogP) is 6.30. The molecular weight excluding hydrogens is 660 g/mol. The lowest BCUT2D eigenvalue weighted by atomic mass is 9.79. The molecule has 3 aliphatic carbocycles. The predicted molar refractivity (Wildman–Crippen MR) is 213 cm³/mol. The van der Waals surface area contributed by atoms with E-state index >= 15 is 0 Å². The molecule has 0 aromatic rings. The molecule has 6 atom stereocenters. The van der Waals surface area contributed by atoms with Crippen LogP contribution in [0.3, 0.4) is 0 Å². The van der Waals surface area contributed by atoms with Crippen LogP contribution in [0.5, 0.6) is 0 Å². The van der Waals surface area contributed by atoms with E-state index in [0.29, 0.717) is 25.3 Å². The highest BCUT2D eigenvalue weighted by Gasteiger charge is 2.52. The monoisotopic (exact) mass is 735 g/mol. The Morgan fingerprint density at radius 2 is 1.52 bits per heavy atom. The number of fused-ring (bicyclic) bond motifs is 1. The van der Waals surface area contributed by atoms with Crippen LogP contribution in [-0.2, 0) is 28.8 Å². The highest BCUT2D eigenvalue weighted by Crippen LogP contribution is 2.43. The SMILES string of the molecule is C=C.CC.CC(=O)C(=N)C=N.CCC[C@@H](NC(=O)[C@H]1[C@H]2CCC[C@H]2CN1C(=O)[C@H](NC(=O)[C@H](C)C1CCCCC1)C(C)(C)C)C(=O)C(=O)NC1CC1.[HH].[HH].[HH]. The van der Waals surface area contributed by atoms with Gasteiger partial charge < -0.3 is 26.3 Å². The van der Waals surface area contributed by atoms with Gasteiger partial charge in [0.2, 0.25) is 23.5 Å². The number of carbonyl (C=O) groups excluding carboxylic acids is 6.